The molecule has 1 aliphatic carbocycles. The van der Waals surface area contributed by atoms with E-state index in [0.29, 0.717) is 0 Å². The minimum Gasteiger partial charge on any atom is -0.462 e. The van der Waals surface area contributed by atoms with Gasteiger partial charge in [0.2, 0.25) is 0 Å². The van der Waals surface area contributed by atoms with Crippen LogP contribution in [0.4, 0.5) is 0 Å². The van der Waals surface area contributed by atoms with Crippen molar-refractivity contribution in [2.75, 3.05) is 14.2 Å². The van der Waals surface area contributed by atoms with Crippen molar-refractivity contribution in [3.8, 4) is 0 Å². The normalized spacial score (nSPS) is 18.4. The molecule has 0 aromatic carbocycles. The minimum atomic E-state index is -2.01. The highest BCUT2D eigenvalue weighted by molar-refractivity contribution is 6.53. The summed E-state index contributed by atoms with van der Waals surface area (Å²) in [7, 11) is 1.18. The van der Waals surface area contributed by atoms with Crippen molar-refractivity contribution in [3.63, 3.8) is 0 Å². The van der Waals surface area contributed by atoms with E-state index < -0.39 is 14.3 Å². The summed E-state index contributed by atoms with van der Waals surface area (Å²) >= 11 is 0. The van der Waals surface area contributed by atoms with E-state index >= 15 is 0 Å². The first-order chi connectivity index (χ1) is 8.02. The van der Waals surface area contributed by atoms with Gasteiger partial charge in [-0.25, -0.2) is 0 Å². The zero-order valence-electron chi connectivity index (χ0n) is 11.3. The Kier molecular flexibility index (Phi) is 5.62. The summed E-state index contributed by atoms with van der Waals surface area (Å²) in [6.45, 7) is 3.70. The van der Waals surface area contributed by atoms with Gasteiger partial charge in [0.15, 0.2) is 0 Å². The molecule has 1 aliphatic rings. The van der Waals surface area contributed by atoms with Gasteiger partial charge in [0.05, 0.1) is 0 Å². The fourth-order valence-corrected chi connectivity index (χ4v) is 3.90. The first-order valence-corrected chi connectivity index (χ1v) is 7.81. The lowest BCUT2D eigenvalue weighted by atomic mass is 9.98. The van der Waals surface area contributed by atoms with Gasteiger partial charge in [0.1, 0.15) is 11.1 Å². The average Bonchev–Trinajstić information content (AvgIpc) is 2.31. The van der Waals surface area contributed by atoms with E-state index in [9.17, 15) is 4.79 Å². The van der Waals surface area contributed by atoms with Gasteiger partial charge in [-0.15, -0.1) is 0 Å². The molecule has 0 N–H and O–H groups in total. The van der Waals surface area contributed by atoms with Crippen LogP contribution in [-0.2, 0) is 18.4 Å². The average molecular weight is 260 g/mol. The highest BCUT2D eigenvalue weighted by Crippen LogP contribution is 2.33. The first kappa shape index (κ1) is 14.7. The molecule has 5 heteroatoms. The highest BCUT2D eigenvalue weighted by Gasteiger charge is 2.42. The summed E-state index contributed by atoms with van der Waals surface area (Å²) in [5, 5.41) is -0.638. The minimum absolute atomic E-state index is 0.0962. The Bertz CT molecular complexity index is 245. The van der Waals surface area contributed by atoms with E-state index in [4.69, 9.17) is 13.6 Å². The van der Waals surface area contributed by atoms with Gasteiger partial charge < -0.3 is 13.6 Å². The third kappa shape index (κ3) is 3.79. The largest absolute Gasteiger partial charge is 0.462 e. The van der Waals surface area contributed by atoms with Gasteiger partial charge >= 0.3 is 15.3 Å². The zero-order valence-corrected chi connectivity index (χ0v) is 12.5. The number of carbonyl (C=O) groups excluding carboxylic acids is 1. The van der Waals surface area contributed by atoms with Crippen molar-refractivity contribution < 1.29 is 18.4 Å². The van der Waals surface area contributed by atoms with Crippen molar-refractivity contribution in [3.05, 3.63) is 0 Å². The second-order valence-electron chi connectivity index (χ2n) is 5.19. The van der Waals surface area contributed by atoms with Gasteiger partial charge in [-0.2, -0.15) is 0 Å². The van der Waals surface area contributed by atoms with Gasteiger partial charge in [-0.05, 0) is 39.5 Å². The van der Waals surface area contributed by atoms with Crippen molar-refractivity contribution in [2.24, 2.45) is 0 Å². The SMILES string of the molecule is CO[SiH](OC)C(C)(C)C(=O)OC1CCCCC1. The van der Waals surface area contributed by atoms with Crippen LogP contribution in [-0.4, -0.2) is 35.6 Å². The lowest BCUT2D eigenvalue weighted by molar-refractivity contribution is -0.154. The molecule has 0 spiro atoms. The number of carbonyl (C=O) groups is 1. The summed E-state index contributed by atoms with van der Waals surface area (Å²) in [5.74, 6) is -0.176. The molecule has 0 heterocycles. The lowest BCUT2D eigenvalue weighted by Gasteiger charge is -2.31. The molecule has 1 fully saturated rings. The molecule has 1 rings (SSSR count). The molecule has 4 nitrogen and oxygen atoms in total. The highest BCUT2D eigenvalue weighted by atomic mass is 28.3. The van der Waals surface area contributed by atoms with Gasteiger partial charge in [0.25, 0.3) is 0 Å². The molecule has 0 atom stereocenters. The Morgan fingerprint density at radius 3 is 2.12 bits per heavy atom. The monoisotopic (exact) mass is 260 g/mol. The van der Waals surface area contributed by atoms with Gasteiger partial charge in [-0.3, -0.25) is 4.79 Å². The first-order valence-electron chi connectivity index (χ1n) is 6.29. The fraction of sp³-hybridized carbons (Fsp3) is 0.917. The number of hydrogen-bond donors (Lipinski definition) is 0. The van der Waals surface area contributed by atoms with Crippen LogP contribution in [0.2, 0.25) is 5.04 Å². The van der Waals surface area contributed by atoms with Crippen LogP contribution in [0.15, 0.2) is 0 Å². The Hall–Kier alpha value is -0.393. The quantitative estimate of drug-likeness (QED) is 0.561. The number of esters is 1. The van der Waals surface area contributed by atoms with Gasteiger partial charge in [-0.1, -0.05) is 6.42 Å². The molecule has 0 radical (unpaired) electrons. The number of rotatable bonds is 5. The molecule has 0 bridgehead atoms. The Labute approximate surface area is 105 Å². The second-order valence-corrected chi connectivity index (χ2v) is 8.24. The third-order valence-corrected chi connectivity index (χ3v) is 5.64. The summed E-state index contributed by atoms with van der Waals surface area (Å²) in [4.78, 5) is 12.1. The predicted molar refractivity (Wildman–Crippen MR) is 68.2 cm³/mol. The van der Waals surface area contributed by atoms with E-state index in [-0.39, 0.29) is 12.1 Å². The third-order valence-electron chi connectivity index (χ3n) is 3.37. The van der Waals surface area contributed by atoms with Crippen LogP contribution < -0.4 is 0 Å². The summed E-state index contributed by atoms with van der Waals surface area (Å²) in [6, 6.07) is 0. The van der Waals surface area contributed by atoms with Crippen molar-refractivity contribution in [1.82, 2.24) is 0 Å². The molecule has 0 aliphatic heterocycles. The Morgan fingerprint density at radius 1 is 1.12 bits per heavy atom. The van der Waals surface area contributed by atoms with E-state index in [1.165, 1.54) is 6.42 Å². The van der Waals surface area contributed by atoms with Crippen molar-refractivity contribution >= 4 is 15.3 Å². The number of ether oxygens (including phenoxy) is 1. The molecule has 0 aromatic heterocycles. The summed E-state index contributed by atoms with van der Waals surface area (Å²) < 4.78 is 16.2. The maximum atomic E-state index is 12.1. The van der Waals surface area contributed by atoms with Crippen LogP contribution in [0.25, 0.3) is 0 Å². The molecule has 17 heavy (non-hydrogen) atoms. The van der Waals surface area contributed by atoms with Crippen LogP contribution >= 0.6 is 0 Å². The topological polar surface area (TPSA) is 44.8 Å². The Balaban J connectivity index is 2.54. The zero-order chi connectivity index (χ0) is 12.9. The molecule has 0 unspecified atom stereocenters. The molecule has 0 amide bonds. The molecule has 1 saturated carbocycles. The van der Waals surface area contributed by atoms with Crippen LogP contribution in [0, 0.1) is 0 Å². The second kappa shape index (κ2) is 6.52. The molecule has 0 aromatic rings. The molecular formula is C12H24O4Si. The lowest BCUT2D eigenvalue weighted by Crippen LogP contribution is -2.41. The summed E-state index contributed by atoms with van der Waals surface area (Å²) in [5.41, 5.74) is 0. The fourth-order valence-electron chi connectivity index (χ4n) is 2.27. The van der Waals surface area contributed by atoms with Gasteiger partial charge in [0, 0.05) is 14.2 Å². The maximum absolute atomic E-state index is 12.1. The molecular weight excluding hydrogens is 236 g/mol. The molecule has 100 valence electrons. The summed E-state index contributed by atoms with van der Waals surface area (Å²) in [6.07, 6.45) is 5.66. The number of hydrogen-bond acceptors (Lipinski definition) is 4. The van der Waals surface area contributed by atoms with Crippen LogP contribution in [0.1, 0.15) is 46.0 Å². The van der Waals surface area contributed by atoms with Crippen molar-refractivity contribution in [2.45, 2.75) is 57.1 Å². The van der Waals surface area contributed by atoms with E-state index in [1.807, 2.05) is 13.8 Å². The predicted octanol–water partition coefficient (Wildman–Crippen LogP) is 2.16. The standard InChI is InChI=1S/C12H24O4Si/c1-12(2,17(14-3)15-4)11(13)16-10-8-6-5-7-9-10/h10,17H,5-9H2,1-4H3. The van der Waals surface area contributed by atoms with Crippen LogP contribution in [0.3, 0.4) is 0 Å². The van der Waals surface area contributed by atoms with E-state index in [0.717, 1.165) is 25.7 Å². The van der Waals surface area contributed by atoms with E-state index in [1.54, 1.807) is 14.2 Å². The molecule has 0 saturated heterocycles. The maximum Gasteiger partial charge on any atom is 0.338 e. The van der Waals surface area contributed by atoms with Crippen molar-refractivity contribution in [1.29, 1.82) is 0 Å². The smallest absolute Gasteiger partial charge is 0.338 e. The van der Waals surface area contributed by atoms with Crippen LogP contribution in [0.5, 0.6) is 0 Å². The Morgan fingerprint density at radius 2 is 1.65 bits per heavy atom. The van der Waals surface area contributed by atoms with E-state index in [2.05, 4.69) is 0 Å².